The van der Waals surface area contributed by atoms with Crippen LogP contribution in [0.15, 0.2) is 59.6 Å². The number of ether oxygens (including phenoxy) is 1. The van der Waals surface area contributed by atoms with E-state index in [1.54, 1.807) is 19.2 Å². The van der Waals surface area contributed by atoms with E-state index >= 15 is 0 Å². The number of hydrogen-bond acceptors (Lipinski definition) is 3. The van der Waals surface area contributed by atoms with Crippen molar-refractivity contribution in [3.63, 3.8) is 0 Å². The molecule has 0 aliphatic rings. The van der Waals surface area contributed by atoms with Crippen molar-refractivity contribution in [2.45, 2.75) is 6.54 Å². The average molecular weight is 312 g/mol. The van der Waals surface area contributed by atoms with E-state index in [0.29, 0.717) is 23.5 Å². The van der Waals surface area contributed by atoms with E-state index in [0.717, 1.165) is 10.2 Å². The highest BCUT2D eigenvalue weighted by atomic mass is 32.1. The van der Waals surface area contributed by atoms with Gasteiger partial charge in [0.2, 0.25) is 0 Å². The number of amides is 1. The quantitative estimate of drug-likeness (QED) is 0.743. The molecule has 0 spiro atoms. The van der Waals surface area contributed by atoms with Crippen molar-refractivity contribution in [1.29, 1.82) is 0 Å². The van der Waals surface area contributed by atoms with Crippen LogP contribution in [0.3, 0.4) is 0 Å². The maximum atomic E-state index is 12.3. The van der Waals surface area contributed by atoms with Gasteiger partial charge < -0.3 is 9.30 Å². The first-order chi connectivity index (χ1) is 10.8. The molecule has 0 bridgehead atoms. The Kier molecular flexibility index (Phi) is 4.46. The summed E-state index contributed by atoms with van der Waals surface area (Å²) in [5.41, 5.74) is 1.67. The lowest BCUT2D eigenvalue weighted by atomic mass is 10.2. The van der Waals surface area contributed by atoms with E-state index in [4.69, 9.17) is 4.74 Å². The minimum atomic E-state index is -0.224. The van der Waals surface area contributed by atoms with Gasteiger partial charge in [0.1, 0.15) is 0 Å². The predicted octanol–water partition coefficient (Wildman–Crippen LogP) is 3.09. The van der Waals surface area contributed by atoms with E-state index in [1.807, 2.05) is 47.0 Å². The standard InChI is InChI=1S/C17H16N2O2S/c1-21-12-11-19-14-9-5-6-10-15(14)22-17(19)18-16(20)13-7-3-2-4-8-13/h2-10H,11-12H2,1H3. The van der Waals surface area contributed by atoms with E-state index in [1.165, 1.54) is 11.3 Å². The summed E-state index contributed by atoms with van der Waals surface area (Å²) >= 11 is 1.52. The summed E-state index contributed by atoms with van der Waals surface area (Å²) in [6.45, 7) is 1.24. The molecule has 0 aliphatic heterocycles. The highest BCUT2D eigenvalue weighted by Gasteiger charge is 2.08. The Morgan fingerprint density at radius 1 is 1.14 bits per heavy atom. The maximum absolute atomic E-state index is 12.3. The molecule has 1 heterocycles. The molecular weight excluding hydrogens is 296 g/mol. The Balaban J connectivity index is 2.09. The van der Waals surface area contributed by atoms with Gasteiger partial charge in [-0.2, -0.15) is 4.99 Å². The molecule has 0 fully saturated rings. The maximum Gasteiger partial charge on any atom is 0.279 e. The van der Waals surface area contributed by atoms with Gasteiger partial charge in [-0.3, -0.25) is 4.79 Å². The number of thiazole rings is 1. The molecule has 4 nitrogen and oxygen atoms in total. The number of methoxy groups -OCH3 is 1. The number of carbonyl (C=O) groups is 1. The highest BCUT2D eigenvalue weighted by molar-refractivity contribution is 7.16. The van der Waals surface area contributed by atoms with Crippen LogP contribution >= 0.6 is 11.3 Å². The molecule has 0 aliphatic carbocycles. The van der Waals surface area contributed by atoms with Crippen LogP contribution in [0.2, 0.25) is 0 Å². The molecule has 22 heavy (non-hydrogen) atoms. The third-order valence-electron chi connectivity index (χ3n) is 3.33. The summed E-state index contributed by atoms with van der Waals surface area (Å²) < 4.78 is 8.31. The minimum Gasteiger partial charge on any atom is -0.383 e. The molecule has 0 saturated heterocycles. The number of aromatic nitrogens is 1. The first-order valence-electron chi connectivity index (χ1n) is 7.01. The molecule has 0 unspecified atom stereocenters. The second kappa shape index (κ2) is 6.68. The van der Waals surface area contributed by atoms with Gasteiger partial charge in [-0.25, -0.2) is 0 Å². The SMILES string of the molecule is COCCn1c(=NC(=O)c2ccccc2)sc2ccccc21. The molecule has 1 amide bonds. The van der Waals surface area contributed by atoms with Crippen molar-refractivity contribution in [3.05, 3.63) is 65.0 Å². The monoisotopic (exact) mass is 312 g/mol. The molecule has 5 heteroatoms. The third kappa shape index (κ3) is 3.00. The molecule has 1 aromatic heterocycles. The second-order valence-electron chi connectivity index (χ2n) is 4.78. The van der Waals surface area contributed by atoms with Crippen molar-refractivity contribution >= 4 is 27.5 Å². The number of hydrogen-bond donors (Lipinski definition) is 0. The van der Waals surface area contributed by atoms with E-state index in [2.05, 4.69) is 4.99 Å². The van der Waals surface area contributed by atoms with Gasteiger partial charge in [0.25, 0.3) is 5.91 Å². The zero-order valence-electron chi connectivity index (χ0n) is 12.2. The lowest BCUT2D eigenvalue weighted by molar-refractivity contribution is 0.0997. The van der Waals surface area contributed by atoms with Crippen LogP contribution < -0.4 is 4.80 Å². The Hall–Kier alpha value is -2.24. The van der Waals surface area contributed by atoms with Crippen molar-refractivity contribution in [3.8, 4) is 0 Å². The molecule has 112 valence electrons. The van der Waals surface area contributed by atoms with Crippen LogP contribution in [0, 0.1) is 0 Å². The topological polar surface area (TPSA) is 43.6 Å². The van der Waals surface area contributed by atoms with Gasteiger partial charge in [0.05, 0.1) is 16.8 Å². The molecule has 3 aromatic rings. The molecule has 2 aromatic carbocycles. The summed E-state index contributed by atoms with van der Waals surface area (Å²) in [6.07, 6.45) is 0. The number of benzene rings is 2. The van der Waals surface area contributed by atoms with Gasteiger partial charge >= 0.3 is 0 Å². The number of carbonyl (C=O) groups excluding carboxylic acids is 1. The molecule has 0 saturated carbocycles. The van der Waals surface area contributed by atoms with Gasteiger partial charge in [-0.1, -0.05) is 41.7 Å². The van der Waals surface area contributed by atoms with Gasteiger partial charge in [-0.05, 0) is 24.3 Å². The lowest BCUT2D eigenvalue weighted by Gasteiger charge is -2.03. The van der Waals surface area contributed by atoms with Crippen molar-refractivity contribution in [2.24, 2.45) is 4.99 Å². The van der Waals surface area contributed by atoms with Crippen molar-refractivity contribution in [2.75, 3.05) is 13.7 Å². The lowest BCUT2D eigenvalue weighted by Crippen LogP contribution is -2.19. The summed E-state index contributed by atoms with van der Waals surface area (Å²) in [6, 6.07) is 17.2. The number of para-hydroxylation sites is 1. The zero-order valence-corrected chi connectivity index (χ0v) is 13.0. The molecule has 3 rings (SSSR count). The van der Waals surface area contributed by atoms with Crippen LogP contribution in [-0.2, 0) is 11.3 Å². The average Bonchev–Trinajstić information content (AvgIpc) is 2.91. The minimum absolute atomic E-state index is 0.224. The van der Waals surface area contributed by atoms with Crippen LogP contribution in [0.4, 0.5) is 0 Å². The Morgan fingerprint density at radius 2 is 1.86 bits per heavy atom. The summed E-state index contributed by atoms with van der Waals surface area (Å²) in [5.74, 6) is -0.224. The van der Waals surface area contributed by atoms with E-state index in [9.17, 15) is 4.79 Å². The largest absolute Gasteiger partial charge is 0.383 e. The molecule has 0 atom stereocenters. The fraction of sp³-hybridized carbons (Fsp3) is 0.176. The second-order valence-corrected chi connectivity index (χ2v) is 5.79. The summed E-state index contributed by atoms with van der Waals surface area (Å²) in [4.78, 5) is 17.3. The fourth-order valence-electron chi connectivity index (χ4n) is 2.24. The van der Waals surface area contributed by atoms with Crippen LogP contribution in [0.25, 0.3) is 10.2 Å². The first kappa shape index (κ1) is 14.7. The van der Waals surface area contributed by atoms with E-state index in [-0.39, 0.29) is 5.91 Å². The van der Waals surface area contributed by atoms with Crippen molar-refractivity contribution < 1.29 is 9.53 Å². The number of rotatable bonds is 4. The van der Waals surface area contributed by atoms with Gasteiger partial charge in [0.15, 0.2) is 4.80 Å². The number of nitrogens with zero attached hydrogens (tertiary/aromatic N) is 2. The van der Waals surface area contributed by atoms with Gasteiger partial charge in [0, 0.05) is 19.2 Å². The molecular formula is C17H16N2O2S. The van der Waals surface area contributed by atoms with Crippen LogP contribution in [-0.4, -0.2) is 24.2 Å². The Bertz CT molecular complexity index is 850. The van der Waals surface area contributed by atoms with Crippen LogP contribution in [0.5, 0.6) is 0 Å². The van der Waals surface area contributed by atoms with E-state index < -0.39 is 0 Å². The fourth-order valence-corrected chi connectivity index (χ4v) is 3.29. The highest BCUT2D eigenvalue weighted by Crippen LogP contribution is 2.16. The predicted molar refractivity (Wildman–Crippen MR) is 88.0 cm³/mol. The van der Waals surface area contributed by atoms with Crippen molar-refractivity contribution in [1.82, 2.24) is 4.57 Å². The Labute approximate surface area is 132 Å². The smallest absolute Gasteiger partial charge is 0.279 e. The zero-order chi connectivity index (χ0) is 15.4. The molecule has 0 N–H and O–H groups in total. The van der Waals surface area contributed by atoms with Gasteiger partial charge in [-0.15, -0.1) is 0 Å². The van der Waals surface area contributed by atoms with Crippen LogP contribution in [0.1, 0.15) is 10.4 Å². The first-order valence-corrected chi connectivity index (χ1v) is 7.82. The summed E-state index contributed by atoms with van der Waals surface area (Å²) in [5, 5.41) is 0. The third-order valence-corrected chi connectivity index (χ3v) is 4.38. The normalized spacial score (nSPS) is 12.0. The Morgan fingerprint density at radius 3 is 2.64 bits per heavy atom. The number of fused-ring (bicyclic) bond motifs is 1. The molecule has 0 radical (unpaired) electrons. The summed E-state index contributed by atoms with van der Waals surface area (Å²) in [7, 11) is 1.67.